The van der Waals surface area contributed by atoms with Crippen LogP contribution in [0.5, 0.6) is 5.88 Å². The molecule has 0 aliphatic rings. The van der Waals surface area contributed by atoms with Crippen LogP contribution in [0.1, 0.15) is 11.3 Å². The van der Waals surface area contributed by atoms with E-state index in [0.29, 0.717) is 11.7 Å². The molecule has 0 atom stereocenters. The number of aryl methyl sites for hydroxylation is 1. The third kappa shape index (κ3) is 2.65. The molecule has 0 aliphatic heterocycles. The van der Waals surface area contributed by atoms with Crippen LogP contribution in [0.15, 0.2) is 17.5 Å². The lowest BCUT2D eigenvalue weighted by Gasteiger charge is -2.09. The second-order valence-electron chi connectivity index (χ2n) is 3.72. The largest absolute Gasteiger partial charge is 0.479 e. The Hall–Kier alpha value is -1.95. The number of ether oxygens (including phenoxy) is 1. The number of aliphatic carboxylic acids is 1. The maximum absolute atomic E-state index is 10.5. The average molecular weight is 264 g/mol. The Labute approximate surface area is 108 Å². The number of carbonyl (C=O) groups is 1. The molecule has 0 saturated heterocycles. The van der Waals surface area contributed by atoms with Crippen molar-refractivity contribution in [3.05, 3.63) is 28.8 Å². The summed E-state index contributed by atoms with van der Waals surface area (Å²) in [6.07, 6.45) is 0. The highest BCUT2D eigenvalue weighted by molar-refractivity contribution is 7.13. The normalized spacial score (nSPS) is 10.3. The van der Waals surface area contributed by atoms with E-state index in [1.165, 1.54) is 11.3 Å². The first-order chi connectivity index (χ1) is 8.58. The van der Waals surface area contributed by atoms with Crippen molar-refractivity contribution in [3.63, 3.8) is 0 Å². The standard InChI is InChI=1S/C12H12N2O3S/c1-7-8(2)13-11(9-4-3-5-18-9)14-12(7)17-6-10(15)16/h3-5H,6H2,1-2H3,(H,15,16). The minimum Gasteiger partial charge on any atom is -0.479 e. The number of thiophene rings is 1. The number of carboxylic acid groups (broad SMARTS) is 1. The van der Waals surface area contributed by atoms with E-state index in [1.807, 2.05) is 31.4 Å². The molecular weight excluding hydrogens is 252 g/mol. The van der Waals surface area contributed by atoms with Gasteiger partial charge in [-0.3, -0.25) is 0 Å². The second-order valence-corrected chi connectivity index (χ2v) is 4.67. The zero-order valence-electron chi connectivity index (χ0n) is 10.0. The smallest absolute Gasteiger partial charge is 0.341 e. The molecule has 2 aromatic rings. The maximum atomic E-state index is 10.5. The van der Waals surface area contributed by atoms with Crippen molar-refractivity contribution in [2.75, 3.05) is 6.61 Å². The van der Waals surface area contributed by atoms with Crippen LogP contribution in [-0.2, 0) is 4.79 Å². The summed E-state index contributed by atoms with van der Waals surface area (Å²) >= 11 is 1.53. The monoisotopic (exact) mass is 264 g/mol. The van der Waals surface area contributed by atoms with Gasteiger partial charge in [0.15, 0.2) is 12.4 Å². The molecule has 2 aromatic heterocycles. The highest BCUT2D eigenvalue weighted by atomic mass is 32.1. The van der Waals surface area contributed by atoms with Gasteiger partial charge in [0.05, 0.1) is 4.88 Å². The Kier molecular flexibility index (Phi) is 3.57. The summed E-state index contributed by atoms with van der Waals surface area (Å²) in [4.78, 5) is 20.1. The Bertz CT molecular complexity index is 567. The Morgan fingerprint density at radius 1 is 1.44 bits per heavy atom. The van der Waals surface area contributed by atoms with E-state index in [9.17, 15) is 4.79 Å². The molecule has 2 heterocycles. The van der Waals surface area contributed by atoms with Crippen molar-refractivity contribution in [2.45, 2.75) is 13.8 Å². The van der Waals surface area contributed by atoms with Crippen molar-refractivity contribution in [2.24, 2.45) is 0 Å². The van der Waals surface area contributed by atoms with E-state index < -0.39 is 12.6 Å². The lowest BCUT2D eigenvalue weighted by Crippen LogP contribution is -2.12. The lowest BCUT2D eigenvalue weighted by molar-refractivity contribution is -0.139. The number of nitrogens with zero attached hydrogens (tertiary/aromatic N) is 2. The summed E-state index contributed by atoms with van der Waals surface area (Å²) in [7, 11) is 0. The van der Waals surface area contributed by atoms with Gasteiger partial charge in [-0.15, -0.1) is 11.3 Å². The Morgan fingerprint density at radius 2 is 2.22 bits per heavy atom. The van der Waals surface area contributed by atoms with Crippen molar-refractivity contribution < 1.29 is 14.6 Å². The Balaban J connectivity index is 2.37. The minimum absolute atomic E-state index is 0.327. The summed E-state index contributed by atoms with van der Waals surface area (Å²) in [5.41, 5.74) is 1.55. The van der Waals surface area contributed by atoms with E-state index in [1.54, 1.807) is 0 Å². The predicted molar refractivity (Wildman–Crippen MR) is 67.9 cm³/mol. The van der Waals surface area contributed by atoms with Gasteiger partial charge in [-0.2, -0.15) is 4.98 Å². The first kappa shape index (κ1) is 12.5. The molecule has 0 unspecified atom stereocenters. The molecule has 0 amide bonds. The van der Waals surface area contributed by atoms with Crippen molar-refractivity contribution in [3.8, 4) is 16.6 Å². The van der Waals surface area contributed by atoms with Gasteiger partial charge >= 0.3 is 5.97 Å². The van der Waals surface area contributed by atoms with E-state index in [4.69, 9.17) is 9.84 Å². The molecule has 0 fully saturated rings. The summed E-state index contributed by atoms with van der Waals surface area (Å²) in [6.45, 7) is 3.26. The van der Waals surface area contributed by atoms with Crippen molar-refractivity contribution in [1.29, 1.82) is 0 Å². The SMILES string of the molecule is Cc1nc(-c2cccs2)nc(OCC(=O)O)c1C. The topological polar surface area (TPSA) is 72.3 Å². The summed E-state index contributed by atoms with van der Waals surface area (Å²) in [5, 5.41) is 10.6. The number of rotatable bonds is 4. The first-order valence-electron chi connectivity index (χ1n) is 5.31. The third-order valence-electron chi connectivity index (χ3n) is 2.42. The maximum Gasteiger partial charge on any atom is 0.341 e. The molecule has 94 valence electrons. The number of hydrogen-bond acceptors (Lipinski definition) is 5. The van der Waals surface area contributed by atoms with Crippen LogP contribution in [0.25, 0.3) is 10.7 Å². The summed E-state index contributed by atoms with van der Waals surface area (Å²) < 4.78 is 5.17. The zero-order chi connectivity index (χ0) is 13.1. The van der Waals surface area contributed by atoms with Crippen molar-refractivity contribution in [1.82, 2.24) is 9.97 Å². The van der Waals surface area contributed by atoms with E-state index in [-0.39, 0.29) is 0 Å². The van der Waals surface area contributed by atoms with Crippen LogP contribution >= 0.6 is 11.3 Å². The van der Waals surface area contributed by atoms with Gasteiger partial charge in [0, 0.05) is 11.3 Å². The van der Waals surface area contributed by atoms with E-state index in [0.717, 1.165) is 16.1 Å². The van der Waals surface area contributed by atoms with Crippen LogP contribution in [0.2, 0.25) is 0 Å². The molecule has 6 heteroatoms. The van der Waals surface area contributed by atoms with Gasteiger partial charge in [-0.1, -0.05) is 6.07 Å². The molecule has 0 spiro atoms. The molecule has 5 nitrogen and oxygen atoms in total. The highest BCUT2D eigenvalue weighted by Gasteiger charge is 2.12. The molecule has 0 bridgehead atoms. The fourth-order valence-corrected chi connectivity index (χ4v) is 2.05. The van der Waals surface area contributed by atoms with Crippen LogP contribution in [-0.4, -0.2) is 27.7 Å². The number of aromatic nitrogens is 2. The van der Waals surface area contributed by atoms with Crippen LogP contribution in [0.4, 0.5) is 0 Å². The summed E-state index contributed by atoms with van der Waals surface area (Å²) in [6, 6.07) is 3.83. The van der Waals surface area contributed by atoms with Gasteiger partial charge in [0.1, 0.15) is 0 Å². The number of hydrogen-bond donors (Lipinski definition) is 1. The molecule has 0 aliphatic carbocycles. The fourth-order valence-electron chi connectivity index (χ4n) is 1.39. The van der Waals surface area contributed by atoms with Gasteiger partial charge < -0.3 is 9.84 Å². The van der Waals surface area contributed by atoms with Crippen molar-refractivity contribution >= 4 is 17.3 Å². The molecule has 2 rings (SSSR count). The van der Waals surface area contributed by atoms with E-state index in [2.05, 4.69) is 9.97 Å². The third-order valence-corrected chi connectivity index (χ3v) is 3.28. The fraction of sp³-hybridized carbons (Fsp3) is 0.250. The summed E-state index contributed by atoms with van der Waals surface area (Å²) in [5.74, 6) is -0.134. The molecular formula is C12H12N2O3S. The lowest BCUT2D eigenvalue weighted by atomic mass is 10.2. The average Bonchev–Trinajstić information content (AvgIpc) is 2.84. The van der Waals surface area contributed by atoms with E-state index >= 15 is 0 Å². The predicted octanol–water partition coefficient (Wildman–Crippen LogP) is 2.29. The molecule has 0 saturated carbocycles. The highest BCUT2D eigenvalue weighted by Crippen LogP contribution is 2.26. The Morgan fingerprint density at radius 3 is 2.83 bits per heavy atom. The molecule has 0 aromatic carbocycles. The van der Waals surface area contributed by atoms with Gasteiger partial charge in [-0.05, 0) is 25.3 Å². The van der Waals surface area contributed by atoms with Gasteiger partial charge in [0.2, 0.25) is 5.88 Å². The quantitative estimate of drug-likeness (QED) is 0.917. The number of carboxylic acids is 1. The zero-order valence-corrected chi connectivity index (χ0v) is 10.8. The minimum atomic E-state index is -1.02. The van der Waals surface area contributed by atoms with Crippen LogP contribution in [0, 0.1) is 13.8 Å². The van der Waals surface area contributed by atoms with Crippen LogP contribution < -0.4 is 4.74 Å². The van der Waals surface area contributed by atoms with Gasteiger partial charge in [0.25, 0.3) is 0 Å². The molecule has 18 heavy (non-hydrogen) atoms. The molecule has 0 radical (unpaired) electrons. The first-order valence-corrected chi connectivity index (χ1v) is 6.19. The van der Waals surface area contributed by atoms with Crippen LogP contribution in [0.3, 0.4) is 0 Å². The van der Waals surface area contributed by atoms with Gasteiger partial charge in [-0.25, -0.2) is 9.78 Å². The molecule has 1 N–H and O–H groups in total. The second kappa shape index (κ2) is 5.14.